The molecular weight excluding hydrogens is 350 g/mol. The third kappa shape index (κ3) is 3.43. The lowest BCUT2D eigenvalue weighted by Crippen LogP contribution is -2.31. The lowest BCUT2D eigenvalue weighted by molar-refractivity contribution is 0.347. The number of rotatable bonds is 5. The maximum absolute atomic E-state index is 5.91. The molecule has 0 saturated carbocycles. The smallest absolute Gasteiger partial charge is 0.187 e. The van der Waals surface area contributed by atoms with Gasteiger partial charge in [0.15, 0.2) is 16.6 Å². The molecule has 0 radical (unpaired) electrons. The van der Waals surface area contributed by atoms with Crippen LogP contribution in [0.25, 0.3) is 0 Å². The van der Waals surface area contributed by atoms with E-state index < -0.39 is 0 Å². The van der Waals surface area contributed by atoms with Crippen molar-refractivity contribution in [3.8, 4) is 17.2 Å². The molecule has 2 N–H and O–H groups in total. The highest BCUT2D eigenvalue weighted by Crippen LogP contribution is 2.37. The van der Waals surface area contributed by atoms with Crippen LogP contribution in [0.4, 0.5) is 0 Å². The van der Waals surface area contributed by atoms with Gasteiger partial charge in [-0.15, -0.1) is 0 Å². The highest BCUT2D eigenvalue weighted by atomic mass is 32.1. The van der Waals surface area contributed by atoms with E-state index in [4.69, 9.17) is 32.2 Å². The van der Waals surface area contributed by atoms with Crippen LogP contribution in [0.3, 0.4) is 0 Å². The molecular formula is C19H21N3O3S. The van der Waals surface area contributed by atoms with Crippen LogP contribution in [-0.2, 0) is 0 Å². The summed E-state index contributed by atoms with van der Waals surface area (Å²) in [5, 5.41) is 6.55. The van der Waals surface area contributed by atoms with E-state index >= 15 is 0 Å². The van der Waals surface area contributed by atoms with Gasteiger partial charge in [-0.05, 0) is 59.7 Å². The van der Waals surface area contributed by atoms with Gasteiger partial charge in [-0.25, -0.2) is 5.01 Å². The topological polar surface area (TPSA) is 69.3 Å². The molecule has 3 rings (SSSR count). The van der Waals surface area contributed by atoms with E-state index in [0.29, 0.717) is 17.9 Å². The van der Waals surface area contributed by atoms with Crippen molar-refractivity contribution < 1.29 is 14.2 Å². The second-order valence-corrected chi connectivity index (χ2v) is 6.21. The normalized spacial score (nSPS) is 16.2. The van der Waals surface area contributed by atoms with Gasteiger partial charge in [0.25, 0.3) is 0 Å². The van der Waals surface area contributed by atoms with E-state index in [1.165, 1.54) is 0 Å². The van der Waals surface area contributed by atoms with E-state index in [-0.39, 0.29) is 11.2 Å². The zero-order chi connectivity index (χ0) is 18.7. The number of methoxy groups -OCH3 is 3. The molecule has 1 atom stereocenters. The molecule has 26 heavy (non-hydrogen) atoms. The van der Waals surface area contributed by atoms with Gasteiger partial charge in [-0.2, -0.15) is 5.10 Å². The Morgan fingerprint density at radius 3 is 2.31 bits per heavy atom. The second kappa shape index (κ2) is 7.61. The predicted molar refractivity (Wildman–Crippen MR) is 105 cm³/mol. The fourth-order valence-electron chi connectivity index (χ4n) is 2.99. The van der Waals surface area contributed by atoms with Crippen molar-refractivity contribution in [2.45, 2.75) is 12.5 Å². The van der Waals surface area contributed by atoms with Gasteiger partial charge in [-0.1, -0.05) is 6.07 Å². The van der Waals surface area contributed by atoms with E-state index in [1.807, 2.05) is 42.5 Å². The summed E-state index contributed by atoms with van der Waals surface area (Å²) in [5.74, 6) is 2.13. The van der Waals surface area contributed by atoms with Crippen molar-refractivity contribution in [1.29, 1.82) is 0 Å². The average Bonchev–Trinajstić information content (AvgIpc) is 3.13. The summed E-state index contributed by atoms with van der Waals surface area (Å²) in [6.45, 7) is 0. The van der Waals surface area contributed by atoms with Gasteiger partial charge < -0.3 is 19.9 Å². The number of nitrogens with zero attached hydrogens (tertiary/aromatic N) is 2. The maximum Gasteiger partial charge on any atom is 0.187 e. The summed E-state index contributed by atoms with van der Waals surface area (Å²) in [6, 6.07) is 13.5. The van der Waals surface area contributed by atoms with Crippen LogP contribution in [-0.4, -0.2) is 37.2 Å². The molecule has 0 aromatic heterocycles. The van der Waals surface area contributed by atoms with Gasteiger partial charge >= 0.3 is 0 Å². The van der Waals surface area contributed by atoms with Crippen LogP contribution in [0.2, 0.25) is 0 Å². The SMILES string of the molecule is COc1ccc(C2=NN(C(N)=S)C(c3ccc(OC)c(OC)c3)C2)cc1. The van der Waals surface area contributed by atoms with Gasteiger partial charge in [0.1, 0.15) is 5.75 Å². The summed E-state index contributed by atoms with van der Waals surface area (Å²) in [5.41, 5.74) is 8.84. The minimum atomic E-state index is -0.0931. The van der Waals surface area contributed by atoms with E-state index in [1.54, 1.807) is 26.3 Å². The van der Waals surface area contributed by atoms with Crippen molar-refractivity contribution in [3.05, 3.63) is 53.6 Å². The molecule has 136 valence electrons. The standard InChI is InChI=1S/C19H21N3O3S/c1-23-14-7-4-12(5-8-14)15-11-16(22(21-15)19(20)26)13-6-9-17(24-2)18(10-13)25-3/h4-10,16H,11H2,1-3H3,(H2,20,26). The summed E-state index contributed by atoms with van der Waals surface area (Å²) < 4.78 is 15.9. The first-order chi connectivity index (χ1) is 12.6. The van der Waals surface area contributed by atoms with Crippen LogP contribution < -0.4 is 19.9 Å². The molecule has 0 fully saturated rings. The molecule has 0 amide bonds. The highest BCUT2D eigenvalue weighted by Gasteiger charge is 2.31. The Morgan fingerprint density at radius 1 is 1.04 bits per heavy atom. The molecule has 1 unspecified atom stereocenters. The molecule has 1 aliphatic heterocycles. The van der Waals surface area contributed by atoms with Gasteiger partial charge in [0.05, 0.1) is 33.1 Å². The Balaban J connectivity index is 1.92. The second-order valence-electron chi connectivity index (χ2n) is 5.79. The van der Waals surface area contributed by atoms with Crippen LogP contribution in [0.1, 0.15) is 23.6 Å². The zero-order valence-corrected chi connectivity index (χ0v) is 15.7. The average molecular weight is 371 g/mol. The number of thiocarbonyl (C=S) groups is 1. The molecule has 1 aliphatic rings. The van der Waals surface area contributed by atoms with Crippen LogP contribution in [0.5, 0.6) is 17.2 Å². The Hall–Kier alpha value is -2.80. The van der Waals surface area contributed by atoms with E-state index in [2.05, 4.69) is 5.10 Å². The van der Waals surface area contributed by atoms with E-state index in [9.17, 15) is 0 Å². The van der Waals surface area contributed by atoms with Gasteiger partial charge in [-0.3, -0.25) is 0 Å². The number of hydrazone groups is 1. The number of nitrogens with two attached hydrogens (primary N) is 1. The summed E-state index contributed by atoms with van der Waals surface area (Å²) >= 11 is 5.21. The van der Waals surface area contributed by atoms with Crippen molar-refractivity contribution in [2.24, 2.45) is 10.8 Å². The molecule has 0 saturated heterocycles. The third-order valence-corrected chi connectivity index (χ3v) is 4.54. The van der Waals surface area contributed by atoms with Crippen molar-refractivity contribution in [3.63, 3.8) is 0 Å². The van der Waals surface area contributed by atoms with Crippen molar-refractivity contribution in [1.82, 2.24) is 5.01 Å². The van der Waals surface area contributed by atoms with Crippen LogP contribution in [0.15, 0.2) is 47.6 Å². The summed E-state index contributed by atoms with van der Waals surface area (Å²) in [6.07, 6.45) is 0.680. The molecule has 6 nitrogen and oxygen atoms in total. The molecule has 0 aliphatic carbocycles. The molecule has 0 bridgehead atoms. The van der Waals surface area contributed by atoms with Gasteiger partial charge in [0, 0.05) is 6.42 Å². The van der Waals surface area contributed by atoms with Crippen LogP contribution in [0, 0.1) is 0 Å². The molecule has 1 heterocycles. The minimum Gasteiger partial charge on any atom is -0.497 e. The Morgan fingerprint density at radius 2 is 1.73 bits per heavy atom. The third-order valence-electron chi connectivity index (χ3n) is 4.35. The molecule has 7 heteroatoms. The number of benzene rings is 2. The largest absolute Gasteiger partial charge is 0.497 e. The molecule has 2 aromatic carbocycles. The van der Waals surface area contributed by atoms with E-state index in [0.717, 1.165) is 22.6 Å². The first-order valence-corrected chi connectivity index (χ1v) is 8.50. The Labute approximate surface area is 158 Å². The number of ether oxygens (including phenoxy) is 3. The van der Waals surface area contributed by atoms with Crippen molar-refractivity contribution in [2.75, 3.05) is 21.3 Å². The minimum absolute atomic E-state index is 0.0931. The lowest BCUT2D eigenvalue weighted by atomic mass is 9.98. The van der Waals surface area contributed by atoms with Crippen molar-refractivity contribution >= 4 is 23.0 Å². The summed E-state index contributed by atoms with van der Waals surface area (Å²) in [4.78, 5) is 0. The first-order valence-electron chi connectivity index (χ1n) is 8.10. The Kier molecular flexibility index (Phi) is 5.27. The first kappa shape index (κ1) is 18.0. The zero-order valence-electron chi connectivity index (χ0n) is 14.9. The number of hydrogen-bond acceptors (Lipinski definition) is 5. The number of hydrogen-bond donors (Lipinski definition) is 1. The Bertz CT molecular complexity index is 836. The fraction of sp³-hybridized carbons (Fsp3) is 0.263. The fourth-order valence-corrected chi connectivity index (χ4v) is 3.16. The van der Waals surface area contributed by atoms with Gasteiger partial charge in [0.2, 0.25) is 0 Å². The van der Waals surface area contributed by atoms with Crippen LogP contribution >= 0.6 is 12.2 Å². The lowest BCUT2D eigenvalue weighted by Gasteiger charge is -2.22. The maximum atomic E-state index is 5.91. The quantitative estimate of drug-likeness (QED) is 0.815. The summed E-state index contributed by atoms with van der Waals surface area (Å²) in [7, 11) is 4.87. The molecule has 2 aromatic rings. The molecule has 0 spiro atoms. The predicted octanol–water partition coefficient (Wildman–Crippen LogP) is 3.11. The highest BCUT2D eigenvalue weighted by molar-refractivity contribution is 7.80. The monoisotopic (exact) mass is 371 g/mol.